The summed E-state index contributed by atoms with van der Waals surface area (Å²) in [6, 6.07) is 0. The molecule has 80 valence electrons. The Balaban J connectivity index is 3.04. The molecular weight excluding hydrogens is 178 g/mol. The van der Waals surface area contributed by atoms with Crippen LogP contribution in [0.5, 0.6) is 0 Å². The molecule has 0 aliphatic heterocycles. The molecule has 0 aliphatic carbocycles. The first kappa shape index (κ1) is 11.2. The summed E-state index contributed by atoms with van der Waals surface area (Å²) in [7, 11) is 0. The molecule has 4 nitrogen and oxygen atoms in total. The van der Waals surface area contributed by atoms with E-state index in [9.17, 15) is 0 Å². The molecule has 0 bridgehead atoms. The van der Waals surface area contributed by atoms with Crippen molar-refractivity contribution in [2.75, 3.05) is 13.2 Å². The predicted octanol–water partition coefficient (Wildman–Crippen LogP) is 0.554. The van der Waals surface area contributed by atoms with Crippen LogP contribution in [-0.2, 0) is 6.54 Å². The first-order chi connectivity index (χ1) is 6.61. The van der Waals surface area contributed by atoms with Crippen molar-refractivity contribution in [3.8, 4) is 0 Å². The molecule has 0 fully saturated rings. The van der Waals surface area contributed by atoms with Gasteiger partial charge in [0.1, 0.15) is 0 Å². The highest BCUT2D eigenvalue weighted by molar-refractivity contribution is 5.28. The van der Waals surface area contributed by atoms with Gasteiger partial charge in [-0.1, -0.05) is 6.92 Å². The highest BCUT2D eigenvalue weighted by Crippen LogP contribution is 2.21. The summed E-state index contributed by atoms with van der Waals surface area (Å²) in [5, 5.41) is 13.2. The molecule has 0 spiro atoms. The SMILES string of the molecule is Cc1nn(CCO)c(C)c1C(C)CN. The maximum atomic E-state index is 8.85. The number of nitrogens with two attached hydrogens (primary N) is 1. The minimum Gasteiger partial charge on any atom is -0.394 e. The van der Waals surface area contributed by atoms with Crippen molar-refractivity contribution in [2.45, 2.75) is 33.2 Å². The molecule has 3 N–H and O–H groups in total. The third-order valence-corrected chi connectivity index (χ3v) is 2.60. The van der Waals surface area contributed by atoms with Gasteiger partial charge in [0, 0.05) is 5.69 Å². The third kappa shape index (κ3) is 1.96. The lowest BCUT2D eigenvalue weighted by Crippen LogP contribution is -2.11. The first-order valence-corrected chi connectivity index (χ1v) is 4.96. The Kier molecular flexibility index (Phi) is 3.66. The number of hydrogen-bond donors (Lipinski definition) is 2. The Morgan fingerprint density at radius 2 is 2.14 bits per heavy atom. The van der Waals surface area contributed by atoms with Gasteiger partial charge >= 0.3 is 0 Å². The molecule has 0 amide bonds. The highest BCUT2D eigenvalue weighted by Gasteiger charge is 2.15. The number of aliphatic hydroxyl groups excluding tert-OH is 1. The summed E-state index contributed by atoms with van der Waals surface area (Å²) >= 11 is 0. The second kappa shape index (κ2) is 4.57. The van der Waals surface area contributed by atoms with Gasteiger partial charge in [-0.2, -0.15) is 5.10 Å². The van der Waals surface area contributed by atoms with Crippen LogP contribution in [0.2, 0.25) is 0 Å². The van der Waals surface area contributed by atoms with Gasteiger partial charge in [-0.05, 0) is 31.9 Å². The molecule has 14 heavy (non-hydrogen) atoms. The fourth-order valence-corrected chi connectivity index (χ4v) is 1.85. The van der Waals surface area contributed by atoms with E-state index in [2.05, 4.69) is 12.0 Å². The number of aliphatic hydroxyl groups is 1. The molecule has 0 radical (unpaired) electrons. The van der Waals surface area contributed by atoms with Crippen LogP contribution in [0.3, 0.4) is 0 Å². The van der Waals surface area contributed by atoms with Crippen LogP contribution in [0.15, 0.2) is 0 Å². The second-order valence-corrected chi connectivity index (χ2v) is 3.67. The normalized spacial score (nSPS) is 13.2. The van der Waals surface area contributed by atoms with E-state index in [4.69, 9.17) is 10.8 Å². The molecule has 1 rings (SSSR count). The van der Waals surface area contributed by atoms with E-state index in [1.165, 1.54) is 5.56 Å². The number of aromatic nitrogens is 2. The number of nitrogens with zero attached hydrogens (tertiary/aromatic N) is 2. The lowest BCUT2D eigenvalue weighted by molar-refractivity contribution is 0.267. The Morgan fingerprint density at radius 1 is 1.50 bits per heavy atom. The van der Waals surface area contributed by atoms with E-state index in [1.807, 2.05) is 18.5 Å². The molecule has 1 atom stereocenters. The first-order valence-electron chi connectivity index (χ1n) is 4.96. The lowest BCUT2D eigenvalue weighted by Gasteiger charge is -2.09. The van der Waals surface area contributed by atoms with E-state index >= 15 is 0 Å². The maximum Gasteiger partial charge on any atom is 0.0644 e. The van der Waals surface area contributed by atoms with Crippen molar-refractivity contribution in [2.24, 2.45) is 5.73 Å². The monoisotopic (exact) mass is 197 g/mol. The molecule has 0 saturated carbocycles. The smallest absolute Gasteiger partial charge is 0.0644 e. The van der Waals surface area contributed by atoms with Crippen LogP contribution in [0.4, 0.5) is 0 Å². The molecular formula is C10H19N3O. The van der Waals surface area contributed by atoms with Crippen LogP contribution in [0.1, 0.15) is 29.8 Å². The zero-order valence-electron chi connectivity index (χ0n) is 9.12. The van der Waals surface area contributed by atoms with E-state index in [1.54, 1.807) is 0 Å². The molecule has 4 heteroatoms. The summed E-state index contributed by atoms with van der Waals surface area (Å²) in [6.45, 7) is 7.43. The topological polar surface area (TPSA) is 64.1 Å². The summed E-state index contributed by atoms with van der Waals surface area (Å²) in [4.78, 5) is 0. The Labute approximate surface area is 84.7 Å². The van der Waals surface area contributed by atoms with Crippen molar-refractivity contribution in [1.29, 1.82) is 0 Å². The second-order valence-electron chi connectivity index (χ2n) is 3.67. The maximum absolute atomic E-state index is 8.85. The van der Waals surface area contributed by atoms with E-state index < -0.39 is 0 Å². The van der Waals surface area contributed by atoms with Gasteiger partial charge in [0.05, 0.1) is 18.8 Å². The zero-order valence-corrected chi connectivity index (χ0v) is 9.12. The van der Waals surface area contributed by atoms with E-state index in [-0.39, 0.29) is 6.61 Å². The standard InChI is InChI=1S/C10H19N3O/c1-7(6-11)10-8(2)12-13(4-5-14)9(10)3/h7,14H,4-6,11H2,1-3H3. The van der Waals surface area contributed by atoms with Gasteiger partial charge in [-0.3, -0.25) is 4.68 Å². The fraction of sp³-hybridized carbons (Fsp3) is 0.700. The summed E-state index contributed by atoms with van der Waals surface area (Å²) in [6.07, 6.45) is 0. The summed E-state index contributed by atoms with van der Waals surface area (Å²) < 4.78 is 1.84. The van der Waals surface area contributed by atoms with Crippen molar-refractivity contribution in [3.05, 3.63) is 17.0 Å². The summed E-state index contributed by atoms with van der Waals surface area (Å²) in [5.74, 6) is 0.336. The van der Waals surface area contributed by atoms with Gasteiger partial charge in [0.2, 0.25) is 0 Å². The summed E-state index contributed by atoms with van der Waals surface area (Å²) in [5.41, 5.74) is 9.00. The lowest BCUT2D eigenvalue weighted by atomic mass is 9.99. The van der Waals surface area contributed by atoms with Gasteiger partial charge < -0.3 is 10.8 Å². The quantitative estimate of drug-likeness (QED) is 0.741. The predicted molar refractivity (Wildman–Crippen MR) is 56.3 cm³/mol. The Hall–Kier alpha value is -0.870. The largest absolute Gasteiger partial charge is 0.394 e. The minimum atomic E-state index is 0.123. The van der Waals surface area contributed by atoms with E-state index in [0.717, 1.165) is 11.4 Å². The minimum absolute atomic E-state index is 0.123. The van der Waals surface area contributed by atoms with Crippen LogP contribution in [0, 0.1) is 13.8 Å². The third-order valence-electron chi connectivity index (χ3n) is 2.60. The van der Waals surface area contributed by atoms with Crippen LogP contribution < -0.4 is 5.73 Å². The van der Waals surface area contributed by atoms with Gasteiger partial charge in [-0.15, -0.1) is 0 Å². The molecule has 1 unspecified atom stereocenters. The highest BCUT2D eigenvalue weighted by atomic mass is 16.3. The number of hydrogen-bond acceptors (Lipinski definition) is 3. The van der Waals surface area contributed by atoms with E-state index in [0.29, 0.717) is 19.0 Å². The fourth-order valence-electron chi connectivity index (χ4n) is 1.85. The Bertz CT molecular complexity index is 307. The van der Waals surface area contributed by atoms with Crippen molar-refractivity contribution >= 4 is 0 Å². The average Bonchev–Trinajstić information content (AvgIpc) is 2.42. The van der Waals surface area contributed by atoms with Crippen molar-refractivity contribution < 1.29 is 5.11 Å². The van der Waals surface area contributed by atoms with Crippen molar-refractivity contribution in [1.82, 2.24) is 9.78 Å². The Morgan fingerprint density at radius 3 is 2.64 bits per heavy atom. The average molecular weight is 197 g/mol. The van der Waals surface area contributed by atoms with Gasteiger partial charge in [-0.25, -0.2) is 0 Å². The molecule has 1 aromatic heterocycles. The molecule has 0 aromatic carbocycles. The van der Waals surface area contributed by atoms with Gasteiger partial charge in [0.25, 0.3) is 0 Å². The molecule has 0 saturated heterocycles. The van der Waals surface area contributed by atoms with Crippen molar-refractivity contribution in [3.63, 3.8) is 0 Å². The zero-order chi connectivity index (χ0) is 10.7. The van der Waals surface area contributed by atoms with Crippen LogP contribution >= 0.6 is 0 Å². The molecule has 1 aromatic rings. The number of aryl methyl sites for hydroxylation is 1. The van der Waals surface area contributed by atoms with Crippen LogP contribution in [-0.4, -0.2) is 28.0 Å². The molecule has 0 aliphatic rings. The van der Waals surface area contributed by atoms with Gasteiger partial charge in [0.15, 0.2) is 0 Å². The number of rotatable bonds is 4. The molecule has 1 heterocycles. The van der Waals surface area contributed by atoms with Crippen LogP contribution in [0.25, 0.3) is 0 Å².